The molecule has 8 nitrogen and oxygen atoms in total. The predicted octanol–water partition coefficient (Wildman–Crippen LogP) is 3.16. The molecular formula is C20H16N4O4S. The van der Waals surface area contributed by atoms with Crippen molar-refractivity contribution in [2.45, 2.75) is 6.92 Å². The van der Waals surface area contributed by atoms with Gasteiger partial charge in [0.05, 0.1) is 16.5 Å². The van der Waals surface area contributed by atoms with E-state index in [4.69, 9.17) is 4.42 Å². The minimum absolute atomic E-state index is 0.194. The van der Waals surface area contributed by atoms with Crippen LogP contribution in [0.4, 0.5) is 5.69 Å². The van der Waals surface area contributed by atoms with Gasteiger partial charge in [-0.1, -0.05) is 12.1 Å². The number of carbonyl (C=O) groups excluding carboxylic acids is 2. The maximum Gasteiger partial charge on any atom is 0.291 e. The topological polar surface area (TPSA) is 117 Å². The number of hydrogen-bond donors (Lipinski definition) is 3. The zero-order valence-corrected chi connectivity index (χ0v) is 16.3. The van der Waals surface area contributed by atoms with Crippen LogP contribution in [-0.4, -0.2) is 28.8 Å². The Morgan fingerprint density at radius 2 is 2.00 bits per heavy atom. The first kappa shape index (κ1) is 18.6. The van der Waals surface area contributed by atoms with Gasteiger partial charge in [0.1, 0.15) is 10.7 Å². The van der Waals surface area contributed by atoms with Crippen molar-refractivity contribution in [1.29, 1.82) is 0 Å². The lowest BCUT2D eigenvalue weighted by atomic mass is 10.1. The fourth-order valence-electron chi connectivity index (χ4n) is 2.96. The molecule has 0 bridgehead atoms. The smallest absolute Gasteiger partial charge is 0.291 e. The molecular weight excluding hydrogens is 392 g/mol. The van der Waals surface area contributed by atoms with Crippen LogP contribution in [0.5, 0.6) is 0 Å². The Labute approximate surface area is 168 Å². The number of nitrogens with one attached hydrogen (secondary N) is 3. The highest BCUT2D eigenvalue weighted by Gasteiger charge is 2.19. The second-order valence-electron chi connectivity index (χ2n) is 6.24. The molecule has 4 aromatic rings. The molecule has 0 saturated heterocycles. The number of furan rings is 1. The summed E-state index contributed by atoms with van der Waals surface area (Å²) in [6, 6.07) is 10.1. The average molecular weight is 408 g/mol. The monoisotopic (exact) mass is 408 g/mol. The largest absolute Gasteiger partial charge is 0.459 e. The number of aromatic nitrogens is 2. The van der Waals surface area contributed by atoms with Gasteiger partial charge >= 0.3 is 0 Å². The van der Waals surface area contributed by atoms with Crippen LogP contribution < -0.4 is 16.2 Å². The van der Waals surface area contributed by atoms with Gasteiger partial charge in [0.2, 0.25) is 0 Å². The van der Waals surface area contributed by atoms with Crippen LogP contribution in [0, 0.1) is 6.92 Å². The number of rotatable bonds is 4. The molecule has 0 fully saturated rings. The van der Waals surface area contributed by atoms with Gasteiger partial charge < -0.3 is 20.0 Å². The highest BCUT2D eigenvalue weighted by Crippen LogP contribution is 2.29. The van der Waals surface area contributed by atoms with E-state index in [9.17, 15) is 14.4 Å². The molecule has 0 aliphatic rings. The molecule has 0 radical (unpaired) electrons. The number of carbonyl (C=O) groups is 2. The summed E-state index contributed by atoms with van der Waals surface area (Å²) < 4.78 is 5.09. The molecule has 1 aromatic carbocycles. The highest BCUT2D eigenvalue weighted by atomic mass is 32.1. The first-order valence-electron chi connectivity index (χ1n) is 8.68. The number of nitrogens with zero attached hydrogens (tertiary/aromatic N) is 1. The van der Waals surface area contributed by atoms with E-state index in [1.807, 2.05) is 0 Å². The van der Waals surface area contributed by atoms with E-state index < -0.39 is 0 Å². The number of anilines is 1. The van der Waals surface area contributed by atoms with E-state index in [2.05, 4.69) is 20.6 Å². The summed E-state index contributed by atoms with van der Waals surface area (Å²) in [4.78, 5) is 45.1. The van der Waals surface area contributed by atoms with Crippen molar-refractivity contribution in [2.24, 2.45) is 0 Å². The third-order valence-corrected chi connectivity index (χ3v) is 5.56. The molecule has 4 rings (SSSR count). The summed E-state index contributed by atoms with van der Waals surface area (Å²) in [7, 11) is 1.54. The summed E-state index contributed by atoms with van der Waals surface area (Å²) in [6.07, 6.45) is 1.42. The molecule has 3 N–H and O–H groups in total. The van der Waals surface area contributed by atoms with E-state index in [0.29, 0.717) is 37.7 Å². The Kier molecular flexibility index (Phi) is 4.73. The van der Waals surface area contributed by atoms with E-state index in [1.165, 1.54) is 24.6 Å². The molecule has 0 saturated carbocycles. The highest BCUT2D eigenvalue weighted by molar-refractivity contribution is 7.20. The van der Waals surface area contributed by atoms with Crippen LogP contribution in [0.2, 0.25) is 0 Å². The Balaban J connectivity index is 1.72. The lowest BCUT2D eigenvalue weighted by Crippen LogP contribution is -2.17. The van der Waals surface area contributed by atoms with Crippen LogP contribution in [0.15, 0.2) is 51.9 Å². The van der Waals surface area contributed by atoms with Gasteiger partial charge in [-0.05, 0) is 36.8 Å². The molecule has 3 heterocycles. The molecule has 2 amide bonds. The molecule has 0 atom stereocenters. The third kappa shape index (κ3) is 3.43. The number of hydrogen-bond acceptors (Lipinski definition) is 6. The van der Waals surface area contributed by atoms with Gasteiger partial charge in [-0.3, -0.25) is 14.4 Å². The number of benzene rings is 1. The van der Waals surface area contributed by atoms with Crippen molar-refractivity contribution < 1.29 is 14.0 Å². The zero-order chi connectivity index (χ0) is 20.5. The minimum atomic E-state index is -0.381. The summed E-state index contributed by atoms with van der Waals surface area (Å²) in [5, 5.41) is 5.71. The van der Waals surface area contributed by atoms with Crippen molar-refractivity contribution >= 4 is 39.1 Å². The lowest BCUT2D eigenvalue weighted by molar-refractivity contribution is 0.0964. The number of amides is 2. The zero-order valence-electron chi connectivity index (χ0n) is 15.5. The number of aryl methyl sites for hydroxylation is 1. The predicted molar refractivity (Wildman–Crippen MR) is 110 cm³/mol. The lowest BCUT2D eigenvalue weighted by Gasteiger charge is -2.06. The quantitative estimate of drug-likeness (QED) is 0.479. The van der Waals surface area contributed by atoms with Crippen LogP contribution in [0.3, 0.4) is 0 Å². The van der Waals surface area contributed by atoms with Gasteiger partial charge in [0.25, 0.3) is 17.4 Å². The Bertz CT molecular complexity index is 1290. The molecule has 29 heavy (non-hydrogen) atoms. The molecule has 146 valence electrons. The van der Waals surface area contributed by atoms with E-state index in [0.717, 1.165) is 0 Å². The van der Waals surface area contributed by atoms with E-state index >= 15 is 0 Å². The van der Waals surface area contributed by atoms with Crippen LogP contribution in [0.25, 0.3) is 21.6 Å². The Morgan fingerprint density at radius 1 is 1.17 bits per heavy atom. The van der Waals surface area contributed by atoms with Gasteiger partial charge in [-0.15, -0.1) is 11.3 Å². The molecule has 9 heteroatoms. The third-order valence-electron chi connectivity index (χ3n) is 4.37. The first-order chi connectivity index (χ1) is 14.0. The van der Waals surface area contributed by atoms with Crippen molar-refractivity contribution in [1.82, 2.24) is 15.3 Å². The summed E-state index contributed by atoms with van der Waals surface area (Å²) in [5.41, 5.74) is 1.43. The van der Waals surface area contributed by atoms with Crippen molar-refractivity contribution in [3.8, 4) is 11.4 Å². The second kappa shape index (κ2) is 7.36. The van der Waals surface area contributed by atoms with Gasteiger partial charge in [-0.2, -0.15) is 0 Å². The maximum absolute atomic E-state index is 12.6. The van der Waals surface area contributed by atoms with Crippen molar-refractivity contribution in [3.63, 3.8) is 0 Å². The fourth-order valence-corrected chi connectivity index (χ4v) is 4.08. The first-order valence-corrected chi connectivity index (χ1v) is 9.50. The fraction of sp³-hybridized carbons (Fsp3) is 0.100. The van der Waals surface area contributed by atoms with E-state index in [1.54, 1.807) is 43.3 Å². The van der Waals surface area contributed by atoms with Gasteiger partial charge in [-0.25, -0.2) is 4.98 Å². The SMILES string of the molecule is CNC(=O)c1sc2nc(-c3cccc(NC(=O)c4ccco4)c3)[nH]c(=O)c2c1C. The van der Waals surface area contributed by atoms with Crippen molar-refractivity contribution in [2.75, 3.05) is 12.4 Å². The Hall–Kier alpha value is -3.72. The number of aromatic amines is 1. The molecule has 3 aromatic heterocycles. The summed E-state index contributed by atoms with van der Waals surface area (Å²) in [6.45, 7) is 1.73. The van der Waals surface area contributed by atoms with Crippen LogP contribution in [-0.2, 0) is 0 Å². The van der Waals surface area contributed by atoms with Crippen LogP contribution in [0.1, 0.15) is 25.8 Å². The van der Waals surface area contributed by atoms with Gasteiger partial charge in [0.15, 0.2) is 5.76 Å². The second-order valence-corrected chi connectivity index (χ2v) is 7.24. The summed E-state index contributed by atoms with van der Waals surface area (Å²) >= 11 is 1.17. The van der Waals surface area contributed by atoms with Crippen LogP contribution >= 0.6 is 11.3 Å². The molecule has 0 aliphatic carbocycles. The maximum atomic E-state index is 12.6. The minimum Gasteiger partial charge on any atom is -0.459 e. The number of thiophene rings is 1. The standard InChI is InChI=1S/C20H16N4O4S/c1-10-14-18(26)23-16(24-20(14)29-15(10)19(27)21-2)11-5-3-6-12(9-11)22-17(25)13-7-4-8-28-13/h3-9H,1-2H3,(H,21,27)(H,22,25)(H,23,24,26). The Morgan fingerprint density at radius 3 is 2.72 bits per heavy atom. The number of fused-ring (bicyclic) bond motifs is 1. The van der Waals surface area contributed by atoms with E-state index in [-0.39, 0.29) is 23.1 Å². The van der Waals surface area contributed by atoms with Crippen molar-refractivity contribution in [3.05, 3.63) is 69.2 Å². The van der Waals surface area contributed by atoms with Gasteiger partial charge in [0, 0.05) is 18.3 Å². The summed E-state index contributed by atoms with van der Waals surface area (Å²) in [5.74, 6) is -0.0947. The molecule has 0 spiro atoms. The molecule has 0 aliphatic heterocycles. The average Bonchev–Trinajstić information content (AvgIpc) is 3.36. The number of H-pyrrole nitrogens is 1. The molecule has 0 unspecified atom stereocenters. The normalized spacial score (nSPS) is 10.8.